The van der Waals surface area contributed by atoms with Crippen molar-refractivity contribution in [2.24, 2.45) is 0 Å². The molecule has 0 saturated carbocycles. The molecule has 0 bridgehead atoms. The van der Waals surface area contributed by atoms with E-state index >= 15 is 0 Å². The van der Waals surface area contributed by atoms with Gasteiger partial charge in [-0.15, -0.1) is 0 Å². The maximum Gasteiger partial charge on any atom is 0.516 e. The lowest BCUT2D eigenvalue weighted by molar-refractivity contribution is -0.0439. The van der Waals surface area contributed by atoms with E-state index in [1.807, 2.05) is 0 Å². The molecule has 3 aromatic carbocycles. The van der Waals surface area contributed by atoms with Crippen LogP contribution in [0.15, 0.2) is 71.6 Å². The Hall–Kier alpha value is -3.85. The number of imidazole rings is 1. The Morgan fingerprint density at radius 3 is 2.08 bits per heavy atom. The zero-order valence-corrected chi connectivity index (χ0v) is 20.3. The highest BCUT2D eigenvalue weighted by molar-refractivity contribution is 7.93. The van der Waals surface area contributed by atoms with Crippen LogP contribution in [0.5, 0.6) is 0 Å². The Bertz CT molecular complexity index is 1740. The fourth-order valence-electron chi connectivity index (χ4n) is 3.37. The molecule has 4 aromatic rings. The van der Waals surface area contributed by atoms with E-state index in [-0.39, 0.29) is 11.3 Å². The number of benzene rings is 3. The molecule has 0 spiro atoms. The van der Waals surface area contributed by atoms with Crippen molar-refractivity contribution in [2.45, 2.75) is 15.9 Å². The van der Waals surface area contributed by atoms with Gasteiger partial charge in [0.25, 0.3) is 9.84 Å². The van der Waals surface area contributed by atoms with Crippen molar-refractivity contribution in [3.63, 3.8) is 0 Å². The molecule has 200 valence electrons. The lowest BCUT2D eigenvalue weighted by Gasteiger charge is -2.14. The first-order chi connectivity index (χ1) is 17.6. The summed E-state index contributed by atoms with van der Waals surface area (Å²) in [6.07, 6.45) is 2.96. The van der Waals surface area contributed by atoms with Crippen LogP contribution in [0.4, 0.5) is 32.0 Å². The van der Waals surface area contributed by atoms with Crippen molar-refractivity contribution in [3.05, 3.63) is 78.1 Å². The molecule has 0 fully saturated rings. The molecule has 38 heavy (non-hydrogen) atoms. The lowest BCUT2D eigenvalue weighted by Crippen LogP contribution is -2.30. The van der Waals surface area contributed by atoms with Crippen LogP contribution in [0.25, 0.3) is 34.3 Å². The molecule has 1 heterocycles. The molecular formula is C23H15F6N3O4S2. The first kappa shape index (κ1) is 27.2. The zero-order valence-electron chi connectivity index (χ0n) is 18.7. The molecule has 0 atom stereocenters. The quantitative estimate of drug-likeness (QED) is 0.276. The molecule has 1 aromatic heterocycles. The summed E-state index contributed by atoms with van der Waals surface area (Å²) in [4.78, 5) is 6.42. The van der Waals surface area contributed by atoms with E-state index in [4.69, 9.17) is 0 Å². The monoisotopic (exact) mass is 575 g/mol. The van der Waals surface area contributed by atoms with Crippen LogP contribution in [0.3, 0.4) is 0 Å². The van der Waals surface area contributed by atoms with Gasteiger partial charge < -0.3 is 4.98 Å². The molecular weight excluding hydrogens is 560 g/mol. The van der Waals surface area contributed by atoms with E-state index < -0.39 is 35.8 Å². The van der Waals surface area contributed by atoms with E-state index in [1.54, 1.807) is 16.9 Å². The first-order valence-electron chi connectivity index (χ1n) is 10.4. The van der Waals surface area contributed by atoms with E-state index in [9.17, 15) is 43.2 Å². The predicted octanol–water partition coefficient (Wildman–Crippen LogP) is 5.96. The van der Waals surface area contributed by atoms with Gasteiger partial charge in [-0.05, 0) is 47.5 Å². The molecule has 0 radical (unpaired) electrons. The van der Waals surface area contributed by atoms with Gasteiger partial charge in [-0.25, -0.2) is 13.4 Å². The number of fused-ring (bicyclic) bond motifs is 1. The van der Waals surface area contributed by atoms with Crippen LogP contribution in [0.1, 0.15) is 11.4 Å². The van der Waals surface area contributed by atoms with Gasteiger partial charge >= 0.3 is 21.0 Å². The van der Waals surface area contributed by atoms with E-state index in [0.717, 1.165) is 12.1 Å². The average Bonchev–Trinajstić information content (AvgIpc) is 3.24. The third-order valence-electron chi connectivity index (χ3n) is 5.22. The molecule has 0 unspecified atom stereocenters. The molecule has 0 aliphatic rings. The second kappa shape index (κ2) is 9.47. The minimum absolute atomic E-state index is 0.177. The van der Waals surface area contributed by atoms with Gasteiger partial charge in [-0.1, -0.05) is 42.5 Å². The number of hydrogen-bond acceptors (Lipinski definition) is 5. The summed E-state index contributed by atoms with van der Waals surface area (Å²) < 4.78 is 124. The lowest BCUT2D eigenvalue weighted by atomic mass is 10.0. The van der Waals surface area contributed by atoms with Crippen molar-refractivity contribution in [3.8, 4) is 11.1 Å². The van der Waals surface area contributed by atoms with Crippen molar-refractivity contribution >= 4 is 48.7 Å². The van der Waals surface area contributed by atoms with Crippen molar-refractivity contribution in [2.75, 3.05) is 4.72 Å². The summed E-state index contributed by atoms with van der Waals surface area (Å²) in [5.74, 6) is 0.315. The zero-order chi connectivity index (χ0) is 27.9. The molecule has 4 rings (SSSR count). The summed E-state index contributed by atoms with van der Waals surface area (Å²) in [5.41, 5.74) is -9.33. The number of rotatable bonds is 6. The molecule has 0 amide bonds. The molecule has 15 heteroatoms. The summed E-state index contributed by atoms with van der Waals surface area (Å²) in [6, 6.07) is 14.2. The molecule has 0 aliphatic heterocycles. The highest BCUT2D eigenvalue weighted by atomic mass is 32.2. The number of alkyl halides is 6. The number of hydrogen-bond donors (Lipinski definition) is 2. The maximum absolute atomic E-state index is 12.8. The van der Waals surface area contributed by atoms with Gasteiger partial charge in [-0.3, -0.25) is 4.72 Å². The number of sulfonamides is 1. The van der Waals surface area contributed by atoms with Gasteiger partial charge in [-0.2, -0.15) is 34.8 Å². The standard InChI is InChI=1S/C23H15F6N3O4S2/c24-22(25,26)37(33,34)16-9-5-14(6-10-16)7-12-21-30-19-11-8-15(13-20(19)31-21)17-3-1-2-4-18(17)32-38(35,36)23(27,28)29/h1-13,32H,(H,30,31). The summed E-state index contributed by atoms with van der Waals surface area (Å²) in [6.45, 7) is 0. The fraction of sp³-hybridized carbons (Fsp3) is 0.0870. The number of H-pyrrole nitrogens is 1. The maximum atomic E-state index is 12.8. The minimum Gasteiger partial charge on any atom is -0.338 e. The number of sulfone groups is 1. The topological polar surface area (TPSA) is 109 Å². The second-order valence-electron chi connectivity index (χ2n) is 7.80. The third-order valence-corrected chi connectivity index (χ3v) is 7.82. The molecule has 7 nitrogen and oxygen atoms in total. The third kappa shape index (κ3) is 5.38. The highest BCUT2D eigenvalue weighted by Gasteiger charge is 2.47. The van der Waals surface area contributed by atoms with Gasteiger partial charge in [0.2, 0.25) is 0 Å². The van der Waals surface area contributed by atoms with Gasteiger partial charge in [0.1, 0.15) is 5.82 Å². The van der Waals surface area contributed by atoms with Crippen LogP contribution in [0.2, 0.25) is 0 Å². The van der Waals surface area contributed by atoms with E-state index in [2.05, 4.69) is 9.97 Å². The fourth-order valence-corrected chi connectivity index (χ4v) is 4.71. The Kier molecular flexibility index (Phi) is 6.78. The summed E-state index contributed by atoms with van der Waals surface area (Å²) >= 11 is 0. The second-order valence-corrected chi connectivity index (χ2v) is 11.4. The smallest absolute Gasteiger partial charge is 0.338 e. The van der Waals surface area contributed by atoms with Gasteiger partial charge in [0.05, 0.1) is 21.6 Å². The number of nitrogens with zero attached hydrogens (tertiary/aromatic N) is 1. The number of halogens is 6. The SMILES string of the molecule is O=S(=O)(Nc1ccccc1-c1ccc2[nH]c(C=Cc3ccc(S(=O)(=O)C(F)(F)F)cc3)nc2c1)C(F)(F)F. The molecule has 0 aliphatic carbocycles. The van der Waals surface area contributed by atoms with Crippen LogP contribution in [0, 0.1) is 0 Å². The van der Waals surface area contributed by atoms with Crippen LogP contribution < -0.4 is 4.72 Å². The Labute approximate surface area is 211 Å². The molecule has 0 saturated heterocycles. The first-order valence-corrected chi connectivity index (χ1v) is 13.3. The Morgan fingerprint density at radius 2 is 1.45 bits per heavy atom. The largest absolute Gasteiger partial charge is 0.516 e. The predicted molar refractivity (Wildman–Crippen MR) is 129 cm³/mol. The summed E-state index contributed by atoms with van der Waals surface area (Å²) in [5, 5.41) is 0. The normalized spacial score (nSPS) is 13.3. The van der Waals surface area contributed by atoms with Crippen LogP contribution in [-0.2, 0) is 19.9 Å². The highest BCUT2D eigenvalue weighted by Crippen LogP contribution is 2.34. The Balaban J connectivity index is 1.60. The van der Waals surface area contributed by atoms with E-state index in [0.29, 0.717) is 28.0 Å². The summed E-state index contributed by atoms with van der Waals surface area (Å²) in [7, 11) is -11.1. The number of nitrogens with one attached hydrogen (secondary N) is 2. The van der Waals surface area contributed by atoms with Crippen LogP contribution in [-0.4, -0.2) is 37.8 Å². The molecule has 2 N–H and O–H groups in total. The number of aromatic nitrogens is 2. The van der Waals surface area contributed by atoms with Crippen molar-refractivity contribution in [1.29, 1.82) is 0 Å². The van der Waals surface area contributed by atoms with E-state index in [1.165, 1.54) is 54.6 Å². The Morgan fingerprint density at radius 1 is 0.789 bits per heavy atom. The van der Waals surface area contributed by atoms with Crippen molar-refractivity contribution in [1.82, 2.24) is 9.97 Å². The number of anilines is 1. The average molecular weight is 576 g/mol. The van der Waals surface area contributed by atoms with Crippen LogP contribution >= 0.6 is 0 Å². The number of aromatic amines is 1. The van der Waals surface area contributed by atoms with Crippen molar-refractivity contribution < 1.29 is 43.2 Å². The number of para-hydroxylation sites is 1. The van der Waals surface area contributed by atoms with Gasteiger partial charge in [0, 0.05) is 5.56 Å². The minimum atomic E-state index is -5.64. The van der Waals surface area contributed by atoms with Gasteiger partial charge in [0.15, 0.2) is 0 Å².